The van der Waals surface area contributed by atoms with E-state index in [0.717, 1.165) is 10.2 Å². The highest BCUT2D eigenvalue weighted by Gasteiger charge is 2.06. The first-order valence-corrected chi connectivity index (χ1v) is 5.52. The number of amides is 1. The van der Waals surface area contributed by atoms with Gasteiger partial charge in [-0.15, -0.1) is 0 Å². The number of aromatic nitrogens is 1. The van der Waals surface area contributed by atoms with Crippen LogP contribution in [0.15, 0.2) is 16.9 Å². The first kappa shape index (κ1) is 12.8. The fraction of sp³-hybridized carbons (Fsp3) is 0.400. The van der Waals surface area contributed by atoms with Crippen molar-refractivity contribution in [2.24, 2.45) is 0 Å². The molecule has 88 valence electrons. The van der Waals surface area contributed by atoms with Crippen molar-refractivity contribution in [2.45, 2.75) is 19.9 Å². The number of halogens is 1. The lowest BCUT2D eigenvalue weighted by Gasteiger charge is -2.13. The molecule has 2 N–H and O–H groups in total. The molecule has 0 saturated heterocycles. The van der Waals surface area contributed by atoms with Crippen LogP contribution in [0.4, 0.5) is 4.79 Å². The number of aryl methyl sites for hydroxylation is 1. The lowest BCUT2D eigenvalue weighted by atomic mass is 10.3. The minimum Gasteiger partial charge on any atom is -0.490 e. The topological polar surface area (TPSA) is 71.5 Å². The zero-order chi connectivity index (χ0) is 12.1. The summed E-state index contributed by atoms with van der Waals surface area (Å²) in [6, 6.07) is 1.58. The summed E-state index contributed by atoms with van der Waals surface area (Å²) in [6.07, 6.45) is 0.533. The van der Waals surface area contributed by atoms with Gasteiger partial charge in [0.2, 0.25) is 0 Å². The van der Waals surface area contributed by atoms with Gasteiger partial charge in [-0.25, -0.2) is 9.78 Å². The van der Waals surface area contributed by atoms with E-state index in [0.29, 0.717) is 5.75 Å². The molecule has 0 radical (unpaired) electrons. The van der Waals surface area contributed by atoms with Gasteiger partial charge in [-0.3, -0.25) is 0 Å². The van der Waals surface area contributed by atoms with E-state index in [2.05, 4.69) is 26.2 Å². The summed E-state index contributed by atoms with van der Waals surface area (Å²) in [5.41, 5.74) is 0.969. The summed E-state index contributed by atoms with van der Waals surface area (Å²) in [5.74, 6) is 0.625. The van der Waals surface area contributed by atoms with E-state index in [-0.39, 0.29) is 12.6 Å². The van der Waals surface area contributed by atoms with Crippen LogP contribution in [-0.4, -0.2) is 28.8 Å². The quantitative estimate of drug-likeness (QED) is 0.833. The summed E-state index contributed by atoms with van der Waals surface area (Å²) in [4.78, 5) is 14.4. The Balaban J connectivity index is 2.48. The highest BCUT2D eigenvalue weighted by molar-refractivity contribution is 9.10. The van der Waals surface area contributed by atoms with Crippen molar-refractivity contribution in [1.82, 2.24) is 10.3 Å². The molecule has 0 saturated carbocycles. The Kier molecular flexibility index (Phi) is 4.54. The van der Waals surface area contributed by atoms with Crippen LogP contribution in [0, 0.1) is 6.92 Å². The maximum absolute atomic E-state index is 10.3. The molecular weight excluding hydrogens is 276 g/mol. The first-order valence-electron chi connectivity index (χ1n) is 4.73. The molecule has 0 aliphatic carbocycles. The highest BCUT2D eigenvalue weighted by Crippen LogP contribution is 2.18. The second-order valence-corrected chi connectivity index (χ2v) is 4.19. The first-order chi connectivity index (χ1) is 7.49. The van der Waals surface area contributed by atoms with Crippen LogP contribution < -0.4 is 10.1 Å². The van der Waals surface area contributed by atoms with Gasteiger partial charge >= 0.3 is 6.09 Å². The Morgan fingerprint density at radius 1 is 1.75 bits per heavy atom. The van der Waals surface area contributed by atoms with E-state index in [4.69, 9.17) is 9.84 Å². The fourth-order valence-corrected chi connectivity index (χ4v) is 1.30. The fourth-order valence-electron chi connectivity index (χ4n) is 1.08. The average Bonchev–Trinajstić information content (AvgIpc) is 2.19. The van der Waals surface area contributed by atoms with Gasteiger partial charge in [0.05, 0.1) is 12.2 Å². The molecule has 0 fully saturated rings. The molecule has 6 heteroatoms. The zero-order valence-corrected chi connectivity index (χ0v) is 10.6. The molecule has 1 aromatic rings. The van der Waals surface area contributed by atoms with Gasteiger partial charge in [0.25, 0.3) is 0 Å². The molecule has 1 aromatic heterocycles. The van der Waals surface area contributed by atoms with Gasteiger partial charge < -0.3 is 15.2 Å². The van der Waals surface area contributed by atoms with E-state index < -0.39 is 6.09 Å². The Morgan fingerprint density at radius 3 is 3.00 bits per heavy atom. The number of carbonyl (C=O) groups is 1. The van der Waals surface area contributed by atoms with Crippen molar-refractivity contribution < 1.29 is 14.6 Å². The second kappa shape index (κ2) is 5.69. The normalized spacial score (nSPS) is 11.9. The van der Waals surface area contributed by atoms with Crippen LogP contribution in [0.5, 0.6) is 5.75 Å². The smallest absolute Gasteiger partial charge is 0.404 e. The summed E-state index contributed by atoms with van der Waals surface area (Å²) in [6.45, 7) is 3.91. The van der Waals surface area contributed by atoms with Gasteiger partial charge in [-0.2, -0.15) is 0 Å². The minimum atomic E-state index is -1.05. The van der Waals surface area contributed by atoms with Gasteiger partial charge in [-0.05, 0) is 41.4 Å². The predicted molar refractivity (Wildman–Crippen MR) is 62.8 cm³/mol. The third-order valence-electron chi connectivity index (χ3n) is 1.86. The Morgan fingerprint density at radius 2 is 2.44 bits per heavy atom. The summed E-state index contributed by atoms with van der Waals surface area (Å²) < 4.78 is 6.17. The van der Waals surface area contributed by atoms with Gasteiger partial charge in [-0.1, -0.05) is 0 Å². The van der Waals surface area contributed by atoms with Crippen LogP contribution in [0.2, 0.25) is 0 Å². The molecule has 5 nitrogen and oxygen atoms in total. The number of carboxylic acid groups (broad SMARTS) is 1. The number of pyridine rings is 1. The van der Waals surface area contributed by atoms with E-state index in [1.807, 2.05) is 13.0 Å². The second-order valence-electron chi connectivity index (χ2n) is 3.44. The molecule has 1 rings (SSSR count). The molecule has 1 heterocycles. The monoisotopic (exact) mass is 288 g/mol. The highest BCUT2D eigenvalue weighted by atomic mass is 79.9. The maximum Gasteiger partial charge on any atom is 0.404 e. The standard InChI is InChI=1S/C10H13BrN2O3/c1-6-3-8(4-12-9(6)11)16-5-7(2)13-10(14)15/h3-4,7,13H,5H2,1-2H3,(H,14,15)/t7-/m0/s1. The molecular formula is C10H13BrN2O3. The van der Waals surface area contributed by atoms with Crippen molar-refractivity contribution in [3.05, 3.63) is 22.4 Å². The van der Waals surface area contributed by atoms with E-state index in [9.17, 15) is 4.79 Å². The molecule has 0 bridgehead atoms. The zero-order valence-electron chi connectivity index (χ0n) is 9.03. The van der Waals surface area contributed by atoms with Gasteiger partial charge in [0.15, 0.2) is 0 Å². The molecule has 0 unspecified atom stereocenters. The number of ether oxygens (including phenoxy) is 1. The lowest BCUT2D eigenvalue weighted by Crippen LogP contribution is -2.35. The number of nitrogens with one attached hydrogen (secondary N) is 1. The van der Waals surface area contributed by atoms with Crippen molar-refractivity contribution >= 4 is 22.0 Å². The van der Waals surface area contributed by atoms with Crippen LogP contribution in [-0.2, 0) is 0 Å². The maximum atomic E-state index is 10.3. The molecule has 0 spiro atoms. The van der Waals surface area contributed by atoms with E-state index in [1.54, 1.807) is 13.1 Å². The van der Waals surface area contributed by atoms with Gasteiger partial charge in [0, 0.05) is 0 Å². The number of nitrogens with zero attached hydrogens (tertiary/aromatic N) is 1. The minimum absolute atomic E-state index is 0.263. The van der Waals surface area contributed by atoms with Crippen LogP contribution in [0.3, 0.4) is 0 Å². The predicted octanol–water partition coefficient (Wildman–Crippen LogP) is 2.19. The number of hydrogen-bond acceptors (Lipinski definition) is 3. The molecule has 1 atom stereocenters. The Hall–Kier alpha value is -1.30. The average molecular weight is 289 g/mol. The Bertz CT molecular complexity index is 384. The molecule has 1 amide bonds. The third-order valence-corrected chi connectivity index (χ3v) is 2.69. The lowest BCUT2D eigenvalue weighted by molar-refractivity contribution is 0.183. The number of rotatable bonds is 4. The van der Waals surface area contributed by atoms with E-state index >= 15 is 0 Å². The van der Waals surface area contributed by atoms with Crippen molar-refractivity contribution in [3.63, 3.8) is 0 Å². The third kappa shape index (κ3) is 4.06. The molecule has 0 aromatic carbocycles. The van der Waals surface area contributed by atoms with Crippen LogP contribution >= 0.6 is 15.9 Å². The van der Waals surface area contributed by atoms with Crippen molar-refractivity contribution in [2.75, 3.05) is 6.61 Å². The molecule has 16 heavy (non-hydrogen) atoms. The van der Waals surface area contributed by atoms with Crippen molar-refractivity contribution in [1.29, 1.82) is 0 Å². The number of hydrogen-bond donors (Lipinski definition) is 2. The largest absolute Gasteiger partial charge is 0.490 e. The molecule has 0 aliphatic rings. The molecule has 0 aliphatic heterocycles. The summed E-state index contributed by atoms with van der Waals surface area (Å²) in [5, 5.41) is 10.8. The van der Waals surface area contributed by atoms with Crippen LogP contribution in [0.25, 0.3) is 0 Å². The summed E-state index contributed by atoms with van der Waals surface area (Å²) in [7, 11) is 0. The van der Waals surface area contributed by atoms with E-state index in [1.165, 1.54) is 0 Å². The van der Waals surface area contributed by atoms with Crippen LogP contribution in [0.1, 0.15) is 12.5 Å². The van der Waals surface area contributed by atoms with Gasteiger partial charge in [0.1, 0.15) is 17.0 Å². The summed E-state index contributed by atoms with van der Waals surface area (Å²) >= 11 is 3.29. The van der Waals surface area contributed by atoms with Crippen molar-refractivity contribution in [3.8, 4) is 5.75 Å². The Labute approximate surface area is 102 Å². The SMILES string of the molecule is Cc1cc(OC[C@H](C)NC(=O)O)cnc1Br.